The zero-order valence-electron chi connectivity index (χ0n) is 13.9. The van der Waals surface area contributed by atoms with E-state index in [1.807, 2.05) is 46.9 Å². The van der Waals surface area contributed by atoms with Gasteiger partial charge in [0.15, 0.2) is 0 Å². The number of fused-ring (bicyclic) bond motifs is 1. The average molecular weight is 366 g/mol. The first-order valence-corrected chi connectivity index (χ1v) is 9.21. The largest absolute Gasteiger partial charge is 0.234 e. The van der Waals surface area contributed by atoms with Crippen LogP contribution in [0.2, 0.25) is 0 Å². The van der Waals surface area contributed by atoms with Crippen LogP contribution in [-0.4, -0.2) is 10.1 Å². The fourth-order valence-electron chi connectivity index (χ4n) is 2.96. The molecule has 1 aliphatic heterocycles. The van der Waals surface area contributed by atoms with Gasteiger partial charge in [-0.2, -0.15) is 5.10 Å². The number of hydrogen-bond donors (Lipinski definition) is 0. The molecule has 3 aromatic rings. The van der Waals surface area contributed by atoms with Gasteiger partial charge < -0.3 is 0 Å². The van der Waals surface area contributed by atoms with Crippen LogP contribution in [0.5, 0.6) is 0 Å². The highest BCUT2D eigenvalue weighted by Crippen LogP contribution is 2.29. The maximum absolute atomic E-state index is 13.4. The van der Waals surface area contributed by atoms with Crippen molar-refractivity contribution < 1.29 is 8.78 Å². The van der Waals surface area contributed by atoms with E-state index in [1.54, 1.807) is 0 Å². The summed E-state index contributed by atoms with van der Waals surface area (Å²) in [6.45, 7) is 0.648. The summed E-state index contributed by atoms with van der Waals surface area (Å²) in [5, 5.41) is 4.78. The minimum absolute atomic E-state index is 0.447. The van der Waals surface area contributed by atoms with Crippen molar-refractivity contribution in [3.8, 4) is 0 Å². The smallest absolute Gasteiger partial charge is 0.126 e. The van der Waals surface area contributed by atoms with E-state index >= 15 is 0 Å². The van der Waals surface area contributed by atoms with E-state index in [0.717, 1.165) is 22.9 Å². The standard InChI is InChI=1S/C21H16F2N2S/c22-18-10-15(11-19(23)12-18)14-26-25-13-17-8-4-5-9-20(17)21(24-25)16-6-2-1-3-7-16/h1-12H,13-14H2. The molecule has 1 heterocycles. The van der Waals surface area contributed by atoms with Crippen molar-refractivity contribution in [2.45, 2.75) is 12.3 Å². The van der Waals surface area contributed by atoms with Gasteiger partial charge in [-0.05, 0) is 35.2 Å². The van der Waals surface area contributed by atoms with Gasteiger partial charge in [-0.25, -0.2) is 13.2 Å². The SMILES string of the molecule is Fc1cc(F)cc(CSN2Cc3ccccc3C(c3ccccc3)=N2)c1. The second kappa shape index (κ2) is 7.30. The Kier molecular flexibility index (Phi) is 4.71. The molecule has 26 heavy (non-hydrogen) atoms. The summed E-state index contributed by atoms with van der Waals surface area (Å²) in [6, 6.07) is 21.8. The molecular weight excluding hydrogens is 350 g/mol. The predicted octanol–water partition coefficient (Wildman–Crippen LogP) is 5.38. The lowest BCUT2D eigenvalue weighted by molar-refractivity contribution is 0.490. The van der Waals surface area contributed by atoms with Crippen LogP contribution in [0, 0.1) is 11.6 Å². The molecule has 5 heteroatoms. The Morgan fingerprint density at radius 3 is 2.35 bits per heavy atom. The van der Waals surface area contributed by atoms with Gasteiger partial charge in [0.05, 0.1) is 12.3 Å². The average Bonchev–Trinajstić information content (AvgIpc) is 2.66. The third-order valence-corrected chi connectivity index (χ3v) is 5.11. The third-order valence-electron chi connectivity index (χ3n) is 4.14. The second-order valence-electron chi connectivity index (χ2n) is 6.03. The molecule has 2 nitrogen and oxygen atoms in total. The Morgan fingerprint density at radius 1 is 0.885 bits per heavy atom. The first kappa shape index (κ1) is 16.8. The first-order chi connectivity index (χ1) is 12.7. The van der Waals surface area contributed by atoms with Crippen LogP contribution in [0.3, 0.4) is 0 Å². The van der Waals surface area contributed by atoms with Gasteiger partial charge >= 0.3 is 0 Å². The van der Waals surface area contributed by atoms with Crippen LogP contribution in [-0.2, 0) is 12.3 Å². The van der Waals surface area contributed by atoms with Gasteiger partial charge in [0.2, 0.25) is 0 Å². The fraction of sp³-hybridized carbons (Fsp3) is 0.0952. The molecule has 0 saturated carbocycles. The molecule has 0 unspecified atom stereocenters. The zero-order valence-corrected chi connectivity index (χ0v) is 14.7. The van der Waals surface area contributed by atoms with Crippen molar-refractivity contribution in [2.24, 2.45) is 5.10 Å². The molecule has 0 fully saturated rings. The number of halogens is 2. The lowest BCUT2D eigenvalue weighted by atomic mass is 9.97. The topological polar surface area (TPSA) is 15.6 Å². The Labute approximate surface area is 155 Å². The number of nitrogens with zero attached hydrogens (tertiary/aromatic N) is 2. The Bertz CT molecular complexity index is 937. The summed E-state index contributed by atoms with van der Waals surface area (Å²) in [6.07, 6.45) is 0. The molecule has 1 aliphatic rings. The minimum atomic E-state index is -0.557. The molecule has 0 amide bonds. The molecule has 0 aliphatic carbocycles. The van der Waals surface area contributed by atoms with Gasteiger partial charge in [0.1, 0.15) is 11.6 Å². The van der Waals surface area contributed by atoms with E-state index in [0.29, 0.717) is 17.9 Å². The van der Waals surface area contributed by atoms with Crippen LogP contribution >= 0.6 is 11.9 Å². The van der Waals surface area contributed by atoms with E-state index in [1.165, 1.54) is 29.6 Å². The third kappa shape index (κ3) is 3.63. The van der Waals surface area contributed by atoms with E-state index in [-0.39, 0.29) is 0 Å². The number of hydrogen-bond acceptors (Lipinski definition) is 3. The first-order valence-electron chi connectivity index (χ1n) is 8.27. The quantitative estimate of drug-likeness (QED) is 0.576. The number of hydrazone groups is 1. The normalized spacial score (nSPS) is 13.3. The van der Waals surface area contributed by atoms with Gasteiger partial charge in [0, 0.05) is 22.9 Å². The van der Waals surface area contributed by atoms with E-state index in [4.69, 9.17) is 5.10 Å². The van der Waals surface area contributed by atoms with Gasteiger partial charge in [0.25, 0.3) is 0 Å². The van der Waals surface area contributed by atoms with E-state index in [2.05, 4.69) is 12.1 Å². The highest BCUT2D eigenvalue weighted by Gasteiger charge is 2.20. The van der Waals surface area contributed by atoms with Crippen LogP contribution in [0.1, 0.15) is 22.3 Å². The summed E-state index contributed by atoms with van der Waals surface area (Å²) < 4.78 is 28.6. The van der Waals surface area contributed by atoms with Gasteiger partial charge in [-0.3, -0.25) is 0 Å². The van der Waals surface area contributed by atoms with Gasteiger partial charge in [-0.1, -0.05) is 54.6 Å². The summed E-state index contributed by atoms with van der Waals surface area (Å²) in [5.74, 6) is -0.668. The second-order valence-corrected chi connectivity index (χ2v) is 7.00. The van der Waals surface area contributed by atoms with Crippen LogP contribution in [0.15, 0.2) is 77.9 Å². The minimum Gasteiger partial charge on any atom is -0.234 e. The molecule has 0 bridgehead atoms. The van der Waals surface area contributed by atoms with Crippen molar-refractivity contribution in [1.82, 2.24) is 4.41 Å². The van der Waals surface area contributed by atoms with E-state index < -0.39 is 11.6 Å². The molecule has 0 N–H and O–H groups in total. The lowest BCUT2D eigenvalue weighted by Gasteiger charge is -2.26. The van der Waals surface area contributed by atoms with Crippen LogP contribution in [0.25, 0.3) is 0 Å². The van der Waals surface area contributed by atoms with Crippen LogP contribution < -0.4 is 0 Å². The molecular formula is C21H16F2N2S. The maximum Gasteiger partial charge on any atom is 0.126 e. The summed E-state index contributed by atoms with van der Waals surface area (Å²) in [7, 11) is 0. The molecule has 0 saturated heterocycles. The molecule has 0 spiro atoms. The van der Waals surface area contributed by atoms with Gasteiger partial charge in [-0.15, -0.1) is 0 Å². The number of benzene rings is 3. The Morgan fingerprint density at radius 2 is 1.58 bits per heavy atom. The molecule has 4 rings (SSSR count). The summed E-state index contributed by atoms with van der Waals surface area (Å²) in [4.78, 5) is 0. The maximum atomic E-state index is 13.4. The van der Waals surface area contributed by atoms with Crippen molar-refractivity contribution >= 4 is 17.7 Å². The Balaban J connectivity index is 1.61. The lowest BCUT2D eigenvalue weighted by Crippen LogP contribution is -2.22. The molecule has 130 valence electrons. The van der Waals surface area contributed by atoms with E-state index in [9.17, 15) is 8.78 Å². The molecule has 0 atom stereocenters. The molecule has 0 aromatic heterocycles. The van der Waals surface area contributed by atoms with Crippen LogP contribution in [0.4, 0.5) is 8.78 Å². The highest BCUT2D eigenvalue weighted by atomic mass is 32.2. The van der Waals surface area contributed by atoms with Crippen molar-refractivity contribution in [1.29, 1.82) is 0 Å². The zero-order chi connectivity index (χ0) is 17.9. The van der Waals surface area contributed by atoms with Crippen molar-refractivity contribution in [2.75, 3.05) is 0 Å². The summed E-state index contributed by atoms with van der Waals surface area (Å²) >= 11 is 1.44. The Hall–Kier alpha value is -2.66. The number of rotatable bonds is 4. The molecule has 3 aromatic carbocycles. The predicted molar refractivity (Wildman–Crippen MR) is 102 cm³/mol. The fourth-order valence-corrected chi connectivity index (χ4v) is 3.80. The highest BCUT2D eigenvalue weighted by molar-refractivity contribution is 7.96. The molecule has 0 radical (unpaired) electrons. The monoisotopic (exact) mass is 366 g/mol. The van der Waals surface area contributed by atoms with Crippen molar-refractivity contribution in [3.63, 3.8) is 0 Å². The van der Waals surface area contributed by atoms with Crippen molar-refractivity contribution in [3.05, 3.63) is 107 Å². The summed E-state index contributed by atoms with van der Waals surface area (Å²) in [5.41, 5.74) is 4.85.